The van der Waals surface area contributed by atoms with Crippen molar-refractivity contribution in [2.75, 3.05) is 26.3 Å². The van der Waals surface area contributed by atoms with E-state index in [1.807, 2.05) is 30.3 Å². The lowest BCUT2D eigenvalue weighted by atomic mass is 10.2. The van der Waals surface area contributed by atoms with Crippen molar-refractivity contribution in [3.8, 4) is 0 Å². The van der Waals surface area contributed by atoms with Gasteiger partial charge in [-0.15, -0.1) is 0 Å². The molecule has 0 fully saturated rings. The number of esters is 2. The molecule has 0 saturated carbocycles. The van der Waals surface area contributed by atoms with Crippen molar-refractivity contribution < 1.29 is 23.9 Å². The molecule has 0 aliphatic carbocycles. The molecule has 0 aromatic heterocycles. The van der Waals surface area contributed by atoms with Crippen molar-refractivity contribution in [2.24, 2.45) is 0 Å². The Morgan fingerprint density at radius 2 is 1.50 bits per heavy atom. The van der Waals surface area contributed by atoms with Crippen molar-refractivity contribution >= 4 is 38.8 Å². The third kappa shape index (κ3) is 8.26. The number of hydrogen-bond donors (Lipinski definition) is 0. The van der Waals surface area contributed by atoms with E-state index in [9.17, 15) is 14.4 Å². The standard InChI is InChI=1S/C16H21NO5S2/c1-3-21-14(18)10-17(11-15(19)22-4-2)16(20)24-23-12-13-8-6-5-7-9-13/h5-9H,3-4,10-12H2,1-2H3. The van der Waals surface area contributed by atoms with Crippen molar-refractivity contribution in [2.45, 2.75) is 19.6 Å². The second-order valence-corrected chi connectivity index (χ2v) is 6.81. The molecule has 1 aromatic rings. The lowest BCUT2D eigenvalue weighted by molar-refractivity contribution is -0.146. The van der Waals surface area contributed by atoms with Gasteiger partial charge in [0.15, 0.2) is 0 Å². The van der Waals surface area contributed by atoms with Gasteiger partial charge in [0.2, 0.25) is 0 Å². The highest BCUT2D eigenvalue weighted by atomic mass is 33.1. The number of carbonyl (C=O) groups is 3. The van der Waals surface area contributed by atoms with E-state index in [0.717, 1.165) is 21.3 Å². The average molecular weight is 371 g/mol. The van der Waals surface area contributed by atoms with Gasteiger partial charge in [-0.2, -0.15) is 0 Å². The van der Waals surface area contributed by atoms with E-state index in [-0.39, 0.29) is 31.5 Å². The number of hydrogen-bond acceptors (Lipinski definition) is 7. The Kier molecular flexibility index (Phi) is 10.0. The van der Waals surface area contributed by atoms with Gasteiger partial charge in [0.25, 0.3) is 5.24 Å². The molecule has 6 nitrogen and oxygen atoms in total. The molecule has 0 atom stereocenters. The Hall–Kier alpha value is -1.67. The van der Waals surface area contributed by atoms with Gasteiger partial charge >= 0.3 is 11.9 Å². The summed E-state index contributed by atoms with van der Waals surface area (Å²) in [5, 5.41) is -0.378. The smallest absolute Gasteiger partial charge is 0.325 e. The van der Waals surface area contributed by atoms with E-state index < -0.39 is 11.9 Å². The van der Waals surface area contributed by atoms with Gasteiger partial charge in [-0.05, 0) is 19.4 Å². The molecule has 1 rings (SSSR count). The third-order valence-electron chi connectivity index (χ3n) is 2.71. The van der Waals surface area contributed by atoms with Gasteiger partial charge in [-0.3, -0.25) is 14.4 Å². The van der Waals surface area contributed by atoms with Crippen LogP contribution < -0.4 is 0 Å². The monoisotopic (exact) mass is 371 g/mol. The maximum atomic E-state index is 12.3. The van der Waals surface area contributed by atoms with Crippen LogP contribution in [0.2, 0.25) is 0 Å². The largest absolute Gasteiger partial charge is 0.465 e. The normalized spacial score (nSPS) is 10.1. The molecule has 0 N–H and O–H groups in total. The van der Waals surface area contributed by atoms with Crippen LogP contribution in [0.4, 0.5) is 4.79 Å². The van der Waals surface area contributed by atoms with Crippen LogP contribution >= 0.6 is 21.6 Å². The topological polar surface area (TPSA) is 72.9 Å². The van der Waals surface area contributed by atoms with E-state index >= 15 is 0 Å². The summed E-state index contributed by atoms with van der Waals surface area (Å²) in [6.07, 6.45) is 0. The summed E-state index contributed by atoms with van der Waals surface area (Å²) in [7, 11) is 2.33. The van der Waals surface area contributed by atoms with Crippen molar-refractivity contribution in [1.29, 1.82) is 0 Å². The van der Waals surface area contributed by atoms with E-state index in [2.05, 4.69) is 0 Å². The molecular weight excluding hydrogens is 350 g/mol. The zero-order chi connectivity index (χ0) is 17.8. The van der Waals surface area contributed by atoms with Crippen LogP contribution in [-0.4, -0.2) is 48.4 Å². The molecule has 0 radical (unpaired) electrons. The Bertz CT molecular complexity index is 519. The van der Waals surface area contributed by atoms with Crippen molar-refractivity contribution in [1.82, 2.24) is 4.90 Å². The Morgan fingerprint density at radius 1 is 0.958 bits per heavy atom. The molecule has 132 valence electrons. The third-order valence-corrected chi connectivity index (χ3v) is 4.81. The van der Waals surface area contributed by atoms with E-state index in [0.29, 0.717) is 5.75 Å². The maximum absolute atomic E-state index is 12.3. The van der Waals surface area contributed by atoms with Gasteiger partial charge in [0, 0.05) is 16.5 Å². The second-order valence-electron chi connectivity index (χ2n) is 4.56. The minimum atomic E-state index is -0.552. The summed E-state index contributed by atoms with van der Waals surface area (Å²) in [4.78, 5) is 36.6. The molecule has 0 saturated heterocycles. The van der Waals surface area contributed by atoms with Gasteiger partial charge in [-0.1, -0.05) is 41.1 Å². The predicted molar refractivity (Wildman–Crippen MR) is 95.6 cm³/mol. The molecule has 0 bridgehead atoms. The number of carbonyl (C=O) groups excluding carboxylic acids is 3. The summed E-state index contributed by atoms with van der Waals surface area (Å²) in [6.45, 7) is 3.25. The highest BCUT2D eigenvalue weighted by Gasteiger charge is 2.22. The maximum Gasteiger partial charge on any atom is 0.325 e. The summed E-state index contributed by atoms with van der Waals surface area (Å²) >= 11 is 0. The fourth-order valence-electron chi connectivity index (χ4n) is 1.68. The molecule has 24 heavy (non-hydrogen) atoms. The molecule has 0 aliphatic heterocycles. The quantitative estimate of drug-likeness (QED) is 0.488. The van der Waals surface area contributed by atoms with Crippen molar-refractivity contribution in [3.63, 3.8) is 0 Å². The molecule has 8 heteroatoms. The summed E-state index contributed by atoms with van der Waals surface area (Å²) in [5.41, 5.74) is 1.09. The van der Waals surface area contributed by atoms with Crippen LogP contribution in [0.3, 0.4) is 0 Å². The lowest BCUT2D eigenvalue weighted by Crippen LogP contribution is -2.38. The zero-order valence-corrected chi connectivity index (χ0v) is 15.4. The van der Waals surface area contributed by atoms with Crippen LogP contribution in [0.25, 0.3) is 0 Å². The van der Waals surface area contributed by atoms with Crippen LogP contribution in [0, 0.1) is 0 Å². The predicted octanol–water partition coefficient (Wildman–Crippen LogP) is 3.12. The number of rotatable bonds is 9. The van der Waals surface area contributed by atoms with E-state index in [4.69, 9.17) is 9.47 Å². The summed E-state index contributed by atoms with van der Waals surface area (Å²) in [6, 6.07) is 9.71. The van der Waals surface area contributed by atoms with Crippen molar-refractivity contribution in [3.05, 3.63) is 35.9 Å². The van der Waals surface area contributed by atoms with Crippen LogP contribution in [0.15, 0.2) is 30.3 Å². The molecule has 0 aliphatic rings. The summed E-state index contributed by atoms with van der Waals surface area (Å²) < 4.78 is 9.67. The zero-order valence-electron chi connectivity index (χ0n) is 13.7. The Balaban J connectivity index is 2.54. The van der Waals surface area contributed by atoms with Crippen LogP contribution in [-0.2, 0) is 24.8 Å². The summed E-state index contributed by atoms with van der Waals surface area (Å²) in [5.74, 6) is -0.461. The number of ether oxygens (including phenoxy) is 2. The molecule has 0 spiro atoms. The molecule has 1 amide bonds. The molecular formula is C16H21NO5S2. The highest BCUT2D eigenvalue weighted by Crippen LogP contribution is 2.28. The first-order chi connectivity index (χ1) is 11.6. The van der Waals surface area contributed by atoms with E-state index in [1.165, 1.54) is 10.8 Å². The SMILES string of the molecule is CCOC(=O)CN(CC(=O)OCC)C(=O)SSCc1ccccc1. The van der Waals surface area contributed by atoms with Gasteiger partial charge in [0.05, 0.1) is 13.2 Å². The second kappa shape index (κ2) is 11.8. The van der Waals surface area contributed by atoms with Gasteiger partial charge < -0.3 is 14.4 Å². The van der Waals surface area contributed by atoms with Crippen LogP contribution in [0.5, 0.6) is 0 Å². The first-order valence-electron chi connectivity index (χ1n) is 7.50. The average Bonchev–Trinajstić information content (AvgIpc) is 2.55. The Labute approximate surface area is 149 Å². The van der Waals surface area contributed by atoms with E-state index in [1.54, 1.807) is 13.8 Å². The van der Waals surface area contributed by atoms with Crippen LogP contribution in [0.1, 0.15) is 19.4 Å². The minimum Gasteiger partial charge on any atom is -0.465 e. The highest BCUT2D eigenvalue weighted by molar-refractivity contribution is 8.81. The number of benzene rings is 1. The van der Waals surface area contributed by atoms with Gasteiger partial charge in [0.1, 0.15) is 13.1 Å². The first kappa shape index (κ1) is 20.4. The lowest BCUT2D eigenvalue weighted by Gasteiger charge is -2.19. The van der Waals surface area contributed by atoms with Gasteiger partial charge in [-0.25, -0.2) is 0 Å². The molecule has 0 unspecified atom stereocenters. The number of amides is 1. The molecule has 0 heterocycles. The Morgan fingerprint density at radius 3 is 2.00 bits per heavy atom. The fraction of sp³-hybridized carbons (Fsp3) is 0.438. The first-order valence-corrected chi connectivity index (χ1v) is 9.82. The number of nitrogens with zero attached hydrogens (tertiary/aromatic N) is 1. The minimum absolute atomic E-state index is 0.218. The molecule has 1 aromatic carbocycles. The fourth-order valence-corrected chi connectivity index (χ4v) is 3.61.